The van der Waals surface area contributed by atoms with Crippen LogP contribution in [-0.4, -0.2) is 63.9 Å². The van der Waals surface area contributed by atoms with Crippen molar-refractivity contribution in [3.05, 3.63) is 23.8 Å². The second-order valence-corrected chi connectivity index (χ2v) is 13.2. The maximum atomic E-state index is 5.67. The Hall–Kier alpha value is -0.970. The maximum absolute atomic E-state index is 5.67. The first kappa shape index (κ1) is 26.1. The van der Waals surface area contributed by atoms with E-state index in [2.05, 4.69) is 60.6 Å². The Morgan fingerprint density at radius 2 is 1.56 bits per heavy atom. The van der Waals surface area contributed by atoms with Crippen LogP contribution in [0.3, 0.4) is 0 Å². The van der Waals surface area contributed by atoms with Crippen LogP contribution >= 0.6 is 12.4 Å². The summed E-state index contributed by atoms with van der Waals surface area (Å²) in [5.74, 6) is 1.64. The fraction of sp³-hybridized carbons (Fsp3) is 0.793. The van der Waals surface area contributed by atoms with Crippen molar-refractivity contribution in [2.24, 2.45) is 16.7 Å². The Labute approximate surface area is 214 Å². The SMILES string of the molecule is CO[C@H]1CCN(c2ccc(N3CCN(CC4CC4)CC3)c(C3CC(C)(C)CC(C)(C)C3)c2)C1.Cl. The molecule has 192 valence electrons. The lowest BCUT2D eigenvalue weighted by Crippen LogP contribution is -2.47. The number of rotatable bonds is 6. The van der Waals surface area contributed by atoms with E-state index in [1.807, 2.05) is 7.11 Å². The third-order valence-corrected chi connectivity index (χ3v) is 8.78. The third kappa shape index (κ3) is 6.05. The highest BCUT2D eigenvalue weighted by Crippen LogP contribution is 2.53. The average molecular weight is 490 g/mol. The minimum Gasteiger partial charge on any atom is -0.380 e. The highest BCUT2D eigenvalue weighted by atomic mass is 35.5. The van der Waals surface area contributed by atoms with E-state index in [1.165, 1.54) is 76.2 Å². The molecule has 5 rings (SSSR count). The fourth-order valence-corrected chi connectivity index (χ4v) is 7.41. The number of hydrogen-bond acceptors (Lipinski definition) is 4. The largest absolute Gasteiger partial charge is 0.380 e. The summed E-state index contributed by atoms with van der Waals surface area (Å²) >= 11 is 0. The third-order valence-electron chi connectivity index (χ3n) is 8.78. The molecule has 0 aromatic heterocycles. The van der Waals surface area contributed by atoms with Gasteiger partial charge in [0.05, 0.1) is 6.10 Å². The zero-order valence-corrected chi connectivity index (χ0v) is 23.1. The van der Waals surface area contributed by atoms with Crippen molar-refractivity contribution in [3.8, 4) is 0 Å². The summed E-state index contributed by atoms with van der Waals surface area (Å²) in [5.41, 5.74) is 5.34. The quantitative estimate of drug-likeness (QED) is 0.474. The molecule has 4 nitrogen and oxygen atoms in total. The van der Waals surface area contributed by atoms with Crippen LogP contribution in [0.25, 0.3) is 0 Å². The molecule has 0 spiro atoms. The standard InChI is InChI=1S/C29H47N3O.ClH/c1-28(2)17-23(18-29(3,4)21-28)26-16-24(32-11-10-25(20-32)33-5)8-9-27(26)31-14-12-30(13-15-31)19-22-6-7-22;/h8-9,16,22-23,25H,6-7,10-15,17-21H2,1-5H3;1H/t25-;/m0./s1. The normalized spacial score (nSPS) is 27.6. The molecule has 5 heteroatoms. The zero-order valence-electron chi connectivity index (χ0n) is 22.3. The molecule has 1 atom stereocenters. The molecule has 0 bridgehead atoms. The number of anilines is 2. The first-order valence-corrected chi connectivity index (χ1v) is 13.6. The molecular formula is C29H48ClN3O. The Kier molecular flexibility index (Phi) is 7.82. The topological polar surface area (TPSA) is 19.0 Å². The van der Waals surface area contributed by atoms with E-state index in [4.69, 9.17) is 4.74 Å². The number of methoxy groups -OCH3 is 1. The van der Waals surface area contributed by atoms with Crippen molar-refractivity contribution in [1.29, 1.82) is 0 Å². The highest BCUT2D eigenvalue weighted by Gasteiger charge is 2.40. The van der Waals surface area contributed by atoms with Gasteiger partial charge in [-0.25, -0.2) is 0 Å². The summed E-state index contributed by atoms with van der Waals surface area (Å²) in [7, 11) is 1.86. The molecule has 0 amide bonds. The zero-order chi connectivity index (χ0) is 23.2. The number of piperazine rings is 1. The summed E-state index contributed by atoms with van der Waals surface area (Å²) < 4.78 is 5.67. The van der Waals surface area contributed by atoms with Gasteiger partial charge in [-0.2, -0.15) is 0 Å². The predicted octanol–water partition coefficient (Wildman–Crippen LogP) is 6.19. The molecule has 34 heavy (non-hydrogen) atoms. The van der Waals surface area contributed by atoms with Gasteiger partial charge in [0.2, 0.25) is 0 Å². The molecule has 2 aliphatic carbocycles. The molecule has 2 saturated carbocycles. The van der Waals surface area contributed by atoms with Crippen molar-refractivity contribution < 1.29 is 4.74 Å². The van der Waals surface area contributed by atoms with Crippen LogP contribution in [0.15, 0.2) is 18.2 Å². The van der Waals surface area contributed by atoms with Crippen LogP contribution in [0, 0.1) is 16.7 Å². The van der Waals surface area contributed by atoms with E-state index >= 15 is 0 Å². The summed E-state index contributed by atoms with van der Waals surface area (Å²) in [4.78, 5) is 7.97. The minimum absolute atomic E-state index is 0. The van der Waals surface area contributed by atoms with Gasteiger partial charge in [-0.1, -0.05) is 27.7 Å². The van der Waals surface area contributed by atoms with Gasteiger partial charge in [-0.05, 0) is 85.0 Å². The maximum Gasteiger partial charge on any atom is 0.0762 e. The molecule has 4 aliphatic rings. The van der Waals surface area contributed by atoms with Crippen LogP contribution in [0.4, 0.5) is 11.4 Å². The lowest BCUT2D eigenvalue weighted by molar-refractivity contribution is 0.0970. The van der Waals surface area contributed by atoms with Gasteiger partial charge in [0.25, 0.3) is 0 Å². The van der Waals surface area contributed by atoms with Gasteiger partial charge in [-0.3, -0.25) is 4.90 Å². The number of halogens is 1. The molecule has 2 saturated heterocycles. The second kappa shape index (κ2) is 10.2. The van der Waals surface area contributed by atoms with Gasteiger partial charge < -0.3 is 14.5 Å². The van der Waals surface area contributed by atoms with E-state index in [0.29, 0.717) is 22.9 Å². The first-order chi connectivity index (χ1) is 15.7. The van der Waals surface area contributed by atoms with Crippen LogP contribution in [0.1, 0.15) is 77.7 Å². The molecule has 0 unspecified atom stereocenters. The average Bonchev–Trinajstić information content (AvgIpc) is 3.44. The van der Waals surface area contributed by atoms with Crippen LogP contribution in [0.5, 0.6) is 0 Å². The molecule has 0 radical (unpaired) electrons. The monoisotopic (exact) mass is 489 g/mol. The van der Waals surface area contributed by atoms with E-state index in [1.54, 1.807) is 5.56 Å². The number of ether oxygens (including phenoxy) is 1. The van der Waals surface area contributed by atoms with Crippen LogP contribution in [-0.2, 0) is 4.74 Å². The second-order valence-electron chi connectivity index (χ2n) is 13.2. The molecule has 1 aromatic rings. The smallest absolute Gasteiger partial charge is 0.0762 e. The molecule has 0 N–H and O–H groups in total. The van der Waals surface area contributed by atoms with Gasteiger partial charge in [0.15, 0.2) is 0 Å². The van der Waals surface area contributed by atoms with Gasteiger partial charge >= 0.3 is 0 Å². The Morgan fingerprint density at radius 1 is 0.882 bits per heavy atom. The van der Waals surface area contributed by atoms with E-state index in [-0.39, 0.29) is 12.4 Å². The molecular weight excluding hydrogens is 442 g/mol. The molecule has 1 aromatic carbocycles. The minimum atomic E-state index is 0. The van der Waals surface area contributed by atoms with Gasteiger partial charge in [0, 0.05) is 64.3 Å². The summed E-state index contributed by atoms with van der Waals surface area (Å²) in [5, 5.41) is 0. The van der Waals surface area contributed by atoms with Gasteiger partial charge in [0.1, 0.15) is 0 Å². The lowest BCUT2D eigenvalue weighted by atomic mass is 9.60. The van der Waals surface area contributed by atoms with Crippen molar-refractivity contribution >= 4 is 23.8 Å². The summed E-state index contributed by atoms with van der Waals surface area (Å²) in [6.45, 7) is 18.2. The molecule has 2 heterocycles. The lowest BCUT2D eigenvalue weighted by Gasteiger charge is -2.46. The van der Waals surface area contributed by atoms with Gasteiger partial charge in [-0.15, -0.1) is 12.4 Å². The Bertz CT molecular complexity index is 813. The van der Waals surface area contributed by atoms with Crippen molar-refractivity contribution in [2.45, 2.75) is 78.2 Å². The molecule has 4 fully saturated rings. The van der Waals surface area contributed by atoms with E-state index in [9.17, 15) is 0 Å². The first-order valence-electron chi connectivity index (χ1n) is 13.6. The number of benzene rings is 1. The van der Waals surface area contributed by atoms with E-state index in [0.717, 1.165) is 25.4 Å². The van der Waals surface area contributed by atoms with Crippen LogP contribution in [0.2, 0.25) is 0 Å². The highest BCUT2D eigenvalue weighted by molar-refractivity contribution is 5.85. The van der Waals surface area contributed by atoms with Crippen molar-refractivity contribution in [2.75, 3.05) is 62.7 Å². The fourth-order valence-electron chi connectivity index (χ4n) is 7.41. The van der Waals surface area contributed by atoms with E-state index < -0.39 is 0 Å². The van der Waals surface area contributed by atoms with Crippen molar-refractivity contribution in [3.63, 3.8) is 0 Å². The summed E-state index contributed by atoms with van der Waals surface area (Å²) in [6.07, 6.45) is 8.36. The number of hydrogen-bond donors (Lipinski definition) is 0. The van der Waals surface area contributed by atoms with Crippen molar-refractivity contribution in [1.82, 2.24) is 4.90 Å². The number of nitrogens with zero attached hydrogens (tertiary/aromatic N) is 3. The van der Waals surface area contributed by atoms with Crippen LogP contribution < -0.4 is 9.80 Å². The molecule has 2 aliphatic heterocycles. The Balaban J connectivity index is 0.00000274. The summed E-state index contributed by atoms with van der Waals surface area (Å²) in [6, 6.07) is 7.44. The Morgan fingerprint density at radius 3 is 2.15 bits per heavy atom. The predicted molar refractivity (Wildman–Crippen MR) is 147 cm³/mol.